The largest absolute Gasteiger partial charge is 0.483 e. The molecule has 1 N–H and O–H groups in total. The second kappa shape index (κ2) is 9.23. The molecule has 1 aliphatic rings. The Morgan fingerprint density at radius 1 is 1.00 bits per heavy atom. The van der Waals surface area contributed by atoms with Crippen molar-refractivity contribution in [3.8, 4) is 5.75 Å². The number of aromatic nitrogens is 2. The van der Waals surface area contributed by atoms with Gasteiger partial charge >= 0.3 is 0 Å². The molecule has 0 aliphatic carbocycles. The van der Waals surface area contributed by atoms with Gasteiger partial charge in [0.05, 0.1) is 11.0 Å². The molecule has 0 radical (unpaired) electrons. The van der Waals surface area contributed by atoms with Gasteiger partial charge in [0.2, 0.25) is 0 Å². The second-order valence-corrected chi connectivity index (χ2v) is 8.60. The molecule has 1 fully saturated rings. The van der Waals surface area contributed by atoms with Crippen molar-refractivity contribution in [3.05, 3.63) is 89.2 Å². The third-order valence-electron chi connectivity index (χ3n) is 5.92. The summed E-state index contributed by atoms with van der Waals surface area (Å²) >= 11 is 6.12. The molecule has 0 bridgehead atoms. The van der Waals surface area contributed by atoms with E-state index in [9.17, 15) is 0 Å². The van der Waals surface area contributed by atoms with Crippen LogP contribution in [0.1, 0.15) is 24.4 Å². The fraction of sp³-hybridized carbons (Fsp3) is 0.269. The van der Waals surface area contributed by atoms with Gasteiger partial charge in [-0.3, -0.25) is 0 Å². The number of benzene rings is 3. The summed E-state index contributed by atoms with van der Waals surface area (Å²) in [6.45, 7) is 6.80. The van der Waals surface area contributed by atoms with Crippen LogP contribution in [0.4, 0.5) is 5.69 Å². The van der Waals surface area contributed by atoms with Crippen molar-refractivity contribution < 1.29 is 4.74 Å². The molecular formula is C26H27ClN4O. The van der Waals surface area contributed by atoms with E-state index in [0.717, 1.165) is 53.8 Å². The lowest BCUT2D eigenvalue weighted by atomic mass is 10.2. The first-order valence-electron chi connectivity index (χ1n) is 11.1. The van der Waals surface area contributed by atoms with Crippen molar-refractivity contribution in [2.45, 2.75) is 19.6 Å². The highest BCUT2D eigenvalue weighted by Gasteiger charge is 2.20. The van der Waals surface area contributed by atoms with Crippen molar-refractivity contribution in [3.63, 3.8) is 0 Å². The van der Waals surface area contributed by atoms with E-state index in [4.69, 9.17) is 21.3 Å². The lowest BCUT2D eigenvalue weighted by Gasteiger charge is -2.29. The molecule has 0 saturated carbocycles. The van der Waals surface area contributed by atoms with Gasteiger partial charge in [-0.1, -0.05) is 41.9 Å². The molecule has 4 aromatic rings. The minimum atomic E-state index is -0.195. The summed E-state index contributed by atoms with van der Waals surface area (Å²) in [6, 6.07) is 24.5. The molecule has 5 nitrogen and oxygen atoms in total. The van der Waals surface area contributed by atoms with Crippen LogP contribution in [0.5, 0.6) is 5.75 Å². The standard InChI is InChI=1S/C26H27ClN4O/c1-19(32-23-5-3-2-4-6-23)26-29-24-12-11-22(30-15-13-28-14-16-30)17-25(24)31(26)18-20-7-9-21(27)10-8-20/h2-12,17,19,28H,13-16,18H2,1H3. The predicted molar refractivity (Wildman–Crippen MR) is 131 cm³/mol. The number of hydrogen-bond donors (Lipinski definition) is 1. The van der Waals surface area contributed by atoms with E-state index in [2.05, 4.69) is 52.0 Å². The van der Waals surface area contributed by atoms with Crippen LogP contribution >= 0.6 is 11.6 Å². The number of para-hydroxylation sites is 1. The maximum Gasteiger partial charge on any atom is 0.153 e. The highest BCUT2D eigenvalue weighted by Crippen LogP contribution is 2.29. The van der Waals surface area contributed by atoms with Crippen LogP contribution < -0.4 is 15.0 Å². The van der Waals surface area contributed by atoms with Gasteiger partial charge in [-0.2, -0.15) is 0 Å². The zero-order valence-corrected chi connectivity index (χ0v) is 18.9. The number of nitrogens with zero attached hydrogens (tertiary/aromatic N) is 3. The Bertz CT molecular complexity index is 1180. The van der Waals surface area contributed by atoms with Crippen molar-refractivity contribution in [2.75, 3.05) is 31.1 Å². The van der Waals surface area contributed by atoms with Gasteiger partial charge in [-0.15, -0.1) is 0 Å². The smallest absolute Gasteiger partial charge is 0.153 e. The highest BCUT2D eigenvalue weighted by molar-refractivity contribution is 6.30. The SMILES string of the molecule is CC(Oc1ccccc1)c1nc2ccc(N3CCNCC3)cc2n1Cc1ccc(Cl)cc1. The topological polar surface area (TPSA) is 42.3 Å². The molecule has 0 amide bonds. The summed E-state index contributed by atoms with van der Waals surface area (Å²) in [7, 11) is 0. The van der Waals surface area contributed by atoms with E-state index >= 15 is 0 Å². The summed E-state index contributed by atoms with van der Waals surface area (Å²) in [5.74, 6) is 1.75. The number of imidazole rings is 1. The first-order valence-corrected chi connectivity index (χ1v) is 11.5. The van der Waals surface area contributed by atoms with Crippen molar-refractivity contribution >= 4 is 28.3 Å². The minimum absolute atomic E-state index is 0.195. The third kappa shape index (κ3) is 4.45. The first-order chi connectivity index (χ1) is 15.7. The average molecular weight is 447 g/mol. The Hall–Kier alpha value is -3.02. The zero-order chi connectivity index (χ0) is 21.9. The third-order valence-corrected chi connectivity index (χ3v) is 6.17. The molecule has 1 aromatic heterocycles. The van der Waals surface area contributed by atoms with Gasteiger partial charge in [-0.25, -0.2) is 4.98 Å². The lowest BCUT2D eigenvalue weighted by Crippen LogP contribution is -2.43. The van der Waals surface area contributed by atoms with Crippen molar-refractivity contribution in [1.82, 2.24) is 14.9 Å². The quantitative estimate of drug-likeness (QED) is 0.437. The Labute approximate surface area is 193 Å². The number of fused-ring (bicyclic) bond motifs is 1. The molecule has 1 aliphatic heterocycles. The van der Waals surface area contributed by atoms with Crippen molar-refractivity contribution in [2.24, 2.45) is 0 Å². The van der Waals surface area contributed by atoms with E-state index < -0.39 is 0 Å². The molecule has 6 heteroatoms. The summed E-state index contributed by atoms with van der Waals surface area (Å²) in [4.78, 5) is 7.42. The Kier molecular flexibility index (Phi) is 6.02. The van der Waals surface area contributed by atoms with Crippen LogP contribution in [0.3, 0.4) is 0 Å². The number of nitrogens with one attached hydrogen (secondary N) is 1. The predicted octanol–water partition coefficient (Wildman–Crippen LogP) is 5.29. The molecule has 1 saturated heterocycles. The van der Waals surface area contributed by atoms with E-state index in [0.29, 0.717) is 6.54 Å². The molecule has 1 unspecified atom stereocenters. The first kappa shape index (κ1) is 20.9. The summed E-state index contributed by atoms with van der Waals surface area (Å²) < 4.78 is 8.53. The van der Waals surface area contributed by atoms with E-state index in [1.54, 1.807) is 0 Å². The molecule has 0 spiro atoms. The molecule has 32 heavy (non-hydrogen) atoms. The van der Waals surface area contributed by atoms with Crippen LogP contribution in [0.2, 0.25) is 5.02 Å². The average Bonchev–Trinajstić information content (AvgIpc) is 3.19. The Balaban J connectivity index is 1.55. The number of rotatable bonds is 6. The van der Waals surface area contributed by atoms with Crippen LogP contribution in [-0.4, -0.2) is 35.7 Å². The number of ether oxygens (including phenoxy) is 1. The lowest BCUT2D eigenvalue weighted by molar-refractivity contribution is 0.212. The molecular weight excluding hydrogens is 420 g/mol. The van der Waals surface area contributed by atoms with Gasteiger partial charge in [-0.05, 0) is 55.0 Å². The Morgan fingerprint density at radius 3 is 2.50 bits per heavy atom. The second-order valence-electron chi connectivity index (χ2n) is 8.17. The van der Waals surface area contributed by atoms with Crippen LogP contribution in [0.25, 0.3) is 11.0 Å². The number of anilines is 1. The number of halogens is 1. The highest BCUT2D eigenvalue weighted by atomic mass is 35.5. The summed E-state index contributed by atoms with van der Waals surface area (Å²) in [5.41, 5.74) is 4.51. The molecule has 5 rings (SSSR count). The van der Waals surface area contributed by atoms with E-state index in [1.165, 1.54) is 11.3 Å². The summed E-state index contributed by atoms with van der Waals surface area (Å²) in [6.07, 6.45) is -0.195. The monoisotopic (exact) mass is 446 g/mol. The number of hydrogen-bond acceptors (Lipinski definition) is 4. The Morgan fingerprint density at radius 2 is 1.75 bits per heavy atom. The summed E-state index contributed by atoms with van der Waals surface area (Å²) in [5, 5.41) is 4.17. The van der Waals surface area contributed by atoms with Crippen molar-refractivity contribution in [1.29, 1.82) is 0 Å². The molecule has 2 heterocycles. The minimum Gasteiger partial charge on any atom is -0.483 e. The van der Waals surface area contributed by atoms with Gasteiger partial charge < -0.3 is 19.5 Å². The fourth-order valence-electron chi connectivity index (χ4n) is 4.25. The fourth-order valence-corrected chi connectivity index (χ4v) is 4.38. The zero-order valence-electron chi connectivity index (χ0n) is 18.2. The van der Waals surface area contributed by atoms with Gasteiger partial charge in [0.1, 0.15) is 5.75 Å². The van der Waals surface area contributed by atoms with Crippen LogP contribution in [0.15, 0.2) is 72.8 Å². The van der Waals surface area contributed by atoms with Gasteiger partial charge in [0, 0.05) is 43.4 Å². The normalized spacial score (nSPS) is 15.1. The maximum absolute atomic E-state index is 6.25. The molecule has 1 atom stereocenters. The number of piperazine rings is 1. The van der Waals surface area contributed by atoms with Crippen LogP contribution in [-0.2, 0) is 6.54 Å². The molecule has 3 aromatic carbocycles. The molecule has 164 valence electrons. The van der Waals surface area contributed by atoms with Gasteiger partial charge in [0.25, 0.3) is 0 Å². The van der Waals surface area contributed by atoms with E-state index in [-0.39, 0.29) is 6.10 Å². The van der Waals surface area contributed by atoms with Gasteiger partial charge in [0.15, 0.2) is 11.9 Å². The maximum atomic E-state index is 6.25. The van der Waals surface area contributed by atoms with Crippen LogP contribution in [0, 0.1) is 0 Å². The van der Waals surface area contributed by atoms with E-state index in [1.807, 2.05) is 42.5 Å².